The largest absolute Gasteiger partial charge is 0.379 e. The van der Waals surface area contributed by atoms with Gasteiger partial charge in [0.05, 0.1) is 26.4 Å². The fraction of sp³-hybridized carbons (Fsp3) is 0.921. The van der Waals surface area contributed by atoms with Gasteiger partial charge in [-0.2, -0.15) is 0 Å². The highest BCUT2D eigenvalue weighted by Gasteiger charge is 2.53. The van der Waals surface area contributed by atoms with Crippen molar-refractivity contribution in [3.05, 3.63) is 0 Å². The van der Waals surface area contributed by atoms with Gasteiger partial charge >= 0.3 is 0 Å². The third-order valence-electron chi connectivity index (χ3n) is 9.40. The molecule has 264 valence electrons. The maximum atomic E-state index is 12.4. The van der Waals surface area contributed by atoms with E-state index in [1.165, 1.54) is 103 Å². The van der Waals surface area contributed by atoms with Crippen LogP contribution in [0.25, 0.3) is 0 Å². The van der Waals surface area contributed by atoms with Gasteiger partial charge in [0.25, 0.3) is 0 Å². The van der Waals surface area contributed by atoms with Crippen molar-refractivity contribution in [1.29, 1.82) is 0 Å². The average Bonchev–Trinajstić information content (AvgIpc) is 2.98. The number of Topliss-reactive ketones (excluding diaryl/α,β-unsaturated/α-hetero) is 1. The second-order valence-corrected chi connectivity index (χ2v) is 13.7. The van der Waals surface area contributed by atoms with Gasteiger partial charge in [-0.05, 0) is 44.4 Å². The number of unbranched alkanes of at least 4 members (excludes halogenated alkanes) is 16. The Morgan fingerprint density at radius 3 is 1.29 bits per heavy atom. The summed E-state index contributed by atoms with van der Waals surface area (Å²) in [6.07, 6.45) is 28.6. The van der Waals surface area contributed by atoms with Crippen molar-refractivity contribution in [2.24, 2.45) is 5.41 Å². The zero-order valence-corrected chi connectivity index (χ0v) is 30.0. The van der Waals surface area contributed by atoms with Crippen LogP contribution in [0.5, 0.6) is 0 Å². The van der Waals surface area contributed by atoms with E-state index in [0.717, 1.165) is 32.1 Å². The predicted octanol–water partition coefficient (Wildman–Crippen LogP) is 9.00. The first kappa shape index (κ1) is 41.6. The summed E-state index contributed by atoms with van der Waals surface area (Å²) >= 11 is 0. The summed E-state index contributed by atoms with van der Waals surface area (Å²) < 4.78 is 10.8. The SMILES string of the molecule is CC.CCCCCCCCCCCCCCCCCCCC(=O)NC1CC2(C1)CC(NC(=O)CCOCCOCCC(C)=O)C2. The summed E-state index contributed by atoms with van der Waals surface area (Å²) in [4.78, 5) is 35.4. The van der Waals surface area contributed by atoms with Crippen molar-refractivity contribution < 1.29 is 23.9 Å². The van der Waals surface area contributed by atoms with E-state index in [9.17, 15) is 14.4 Å². The Bertz CT molecular complexity index is 744. The van der Waals surface area contributed by atoms with E-state index in [4.69, 9.17) is 9.47 Å². The first-order valence-corrected chi connectivity index (χ1v) is 19.2. The van der Waals surface area contributed by atoms with Crippen molar-refractivity contribution in [2.75, 3.05) is 26.4 Å². The number of amides is 2. The molecule has 0 unspecified atom stereocenters. The van der Waals surface area contributed by atoms with Crippen molar-refractivity contribution >= 4 is 17.6 Å². The lowest BCUT2D eigenvalue weighted by atomic mass is 9.52. The van der Waals surface area contributed by atoms with E-state index in [1.807, 2.05) is 13.8 Å². The number of ketones is 1. The maximum absolute atomic E-state index is 12.4. The van der Waals surface area contributed by atoms with E-state index in [0.29, 0.717) is 57.1 Å². The molecule has 0 bridgehead atoms. The van der Waals surface area contributed by atoms with Crippen LogP contribution in [0.2, 0.25) is 0 Å². The van der Waals surface area contributed by atoms with Crippen LogP contribution in [0.1, 0.15) is 182 Å². The van der Waals surface area contributed by atoms with Gasteiger partial charge < -0.3 is 20.1 Å². The summed E-state index contributed by atoms with van der Waals surface area (Å²) in [5, 5.41) is 6.36. The highest BCUT2D eigenvalue weighted by molar-refractivity contribution is 5.77. The molecular formula is C38H72N2O5. The molecule has 0 atom stereocenters. The third-order valence-corrected chi connectivity index (χ3v) is 9.40. The van der Waals surface area contributed by atoms with Crippen molar-refractivity contribution in [3.63, 3.8) is 0 Å². The van der Waals surface area contributed by atoms with Crippen LogP contribution in [0.15, 0.2) is 0 Å². The minimum absolute atomic E-state index is 0.0376. The summed E-state index contributed by atoms with van der Waals surface area (Å²) in [6, 6.07) is 0.579. The number of hydrogen-bond acceptors (Lipinski definition) is 5. The molecule has 0 aromatic rings. The Kier molecular flexibility index (Phi) is 25.5. The van der Waals surface area contributed by atoms with E-state index in [1.54, 1.807) is 6.92 Å². The number of rotatable bonds is 29. The first-order valence-electron chi connectivity index (χ1n) is 19.2. The lowest BCUT2D eigenvalue weighted by molar-refractivity contribution is -0.128. The fourth-order valence-corrected chi connectivity index (χ4v) is 6.82. The van der Waals surface area contributed by atoms with Crippen LogP contribution in [-0.2, 0) is 23.9 Å². The molecule has 0 aromatic carbocycles. The highest BCUT2D eigenvalue weighted by Crippen LogP contribution is 2.55. The summed E-state index contributed by atoms with van der Waals surface area (Å²) in [5.41, 5.74) is 0.331. The topological polar surface area (TPSA) is 93.7 Å². The molecular weight excluding hydrogens is 564 g/mol. The average molecular weight is 637 g/mol. The standard InChI is InChI=1S/C36H66N2O5.C2H6/c1-3-4-5-6-7-8-9-10-11-12-13-14-15-16-17-18-19-20-34(40)37-32-27-36(28-32)29-33(30-36)38-35(41)22-24-43-26-25-42-23-21-31(2)39;1-2/h32-33H,3-30H2,1-2H3,(H,37,40)(H,38,41);1-2H3. The van der Waals surface area contributed by atoms with Crippen LogP contribution in [0, 0.1) is 5.41 Å². The molecule has 2 fully saturated rings. The first-order chi connectivity index (χ1) is 21.9. The summed E-state index contributed by atoms with van der Waals surface area (Å²) in [6.45, 7) is 9.51. The Labute approximate surface area is 277 Å². The van der Waals surface area contributed by atoms with Gasteiger partial charge in [-0.3, -0.25) is 14.4 Å². The number of hydrogen-bond donors (Lipinski definition) is 2. The molecule has 0 aromatic heterocycles. The number of carbonyl (C=O) groups excluding carboxylic acids is 3. The molecule has 2 aliphatic carbocycles. The molecule has 7 nitrogen and oxygen atoms in total. The highest BCUT2D eigenvalue weighted by atomic mass is 16.5. The van der Waals surface area contributed by atoms with Gasteiger partial charge in [-0.1, -0.05) is 124 Å². The van der Waals surface area contributed by atoms with E-state index < -0.39 is 0 Å². The monoisotopic (exact) mass is 637 g/mol. The molecule has 1 spiro atoms. The third kappa shape index (κ3) is 21.9. The van der Waals surface area contributed by atoms with Crippen LogP contribution >= 0.6 is 0 Å². The predicted molar refractivity (Wildman–Crippen MR) is 186 cm³/mol. The second kappa shape index (κ2) is 27.6. The molecule has 7 heteroatoms. The molecule has 45 heavy (non-hydrogen) atoms. The molecule has 0 radical (unpaired) electrons. The molecule has 0 aliphatic heterocycles. The number of nitrogens with one attached hydrogen (secondary N) is 2. The molecule has 2 N–H and O–H groups in total. The lowest BCUT2D eigenvalue weighted by Gasteiger charge is -2.57. The molecule has 0 saturated heterocycles. The molecule has 2 saturated carbocycles. The summed E-state index contributed by atoms with van der Waals surface area (Å²) in [5.74, 6) is 0.373. The van der Waals surface area contributed by atoms with Crippen LogP contribution in [0.3, 0.4) is 0 Å². The molecule has 2 rings (SSSR count). The van der Waals surface area contributed by atoms with Crippen LogP contribution in [0.4, 0.5) is 0 Å². The van der Waals surface area contributed by atoms with Crippen LogP contribution in [-0.4, -0.2) is 56.1 Å². The molecule has 0 heterocycles. The van der Waals surface area contributed by atoms with Gasteiger partial charge in [-0.15, -0.1) is 0 Å². The summed E-state index contributed by atoms with van der Waals surface area (Å²) in [7, 11) is 0. The van der Waals surface area contributed by atoms with Gasteiger partial charge in [-0.25, -0.2) is 0 Å². The smallest absolute Gasteiger partial charge is 0.222 e. The van der Waals surface area contributed by atoms with E-state index in [-0.39, 0.29) is 23.6 Å². The van der Waals surface area contributed by atoms with Crippen molar-refractivity contribution in [2.45, 2.75) is 194 Å². The normalized spacial score (nSPS) is 20.1. The molecule has 2 aliphatic rings. The Balaban J connectivity index is 0.00000496. The quantitative estimate of drug-likeness (QED) is 0.0799. The van der Waals surface area contributed by atoms with Crippen molar-refractivity contribution in [1.82, 2.24) is 10.6 Å². The van der Waals surface area contributed by atoms with Crippen molar-refractivity contribution in [3.8, 4) is 0 Å². The van der Waals surface area contributed by atoms with E-state index in [2.05, 4.69) is 17.6 Å². The Morgan fingerprint density at radius 1 is 0.533 bits per heavy atom. The molecule has 2 amide bonds. The van der Waals surface area contributed by atoms with Gasteiger partial charge in [0.1, 0.15) is 5.78 Å². The minimum atomic E-state index is 0.0376. The zero-order chi connectivity index (χ0) is 33.0. The van der Waals surface area contributed by atoms with Crippen LogP contribution < -0.4 is 10.6 Å². The van der Waals surface area contributed by atoms with Gasteiger partial charge in [0.2, 0.25) is 11.8 Å². The second-order valence-electron chi connectivity index (χ2n) is 13.7. The maximum Gasteiger partial charge on any atom is 0.222 e. The number of ether oxygens (including phenoxy) is 2. The van der Waals surface area contributed by atoms with Gasteiger partial charge in [0.15, 0.2) is 0 Å². The lowest BCUT2D eigenvalue weighted by Crippen LogP contribution is -2.61. The Hall–Kier alpha value is -1.47. The minimum Gasteiger partial charge on any atom is -0.379 e. The Morgan fingerprint density at radius 2 is 0.889 bits per heavy atom. The number of carbonyl (C=O) groups is 3. The van der Waals surface area contributed by atoms with Gasteiger partial charge in [0, 0.05) is 31.3 Å². The zero-order valence-electron chi connectivity index (χ0n) is 30.0. The fourth-order valence-electron chi connectivity index (χ4n) is 6.82. The van der Waals surface area contributed by atoms with E-state index >= 15 is 0 Å².